The van der Waals surface area contributed by atoms with E-state index in [-0.39, 0.29) is 0 Å². The molecule has 2 nitrogen and oxygen atoms in total. The Labute approximate surface area is 142 Å². The second-order valence-corrected chi connectivity index (χ2v) is 8.30. The van der Waals surface area contributed by atoms with Crippen LogP contribution in [0.4, 0.5) is 0 Å². The van der Waals surface area contributed by atoms with Crippen molar-refractivity contribution in [3.8, 4) is 0 Å². The van der Waals surface area contributed by atoms with Crippen LogP contribution in [0.2, 0.25) is 0 Å². The van der Waals surface area contributed by atoms with E-state index >= 15 is 0 Å². The quantitative estimate of drug-likeness (QED) is 0.685. The highest BCUT2D eigenvalue weighted by Gasteiger charge is 2.24. The third-order valence-corrected chi connectivity index (χ3v) is 6.09. The number of nitrogens with one attached hydrogen (secondary N) is 1. The summed E-state index contributed by atoms with van der Waals surface area (Å²) in [5, 5.41) is 5.98. The van der Waals surface area contributed by atoms with E-state index in [0.717, 1.165) is 18.5 Å². The summed E-state index contributed by atoms with van der Waals surface area (Å²) in [7, 11) is 2.27. The van der Waals surface area contributed by atoms with E-state index in [2.05, 4.69) is 51.6 Å². The van der Waals surface area contributed by atoms with Gasteiger partial charge in [0, 0.05) is 33.9 Å². The zero-order chi connectivity index (χ0) is 15.1. The van der Waals surface area contributed by atoms with Crippen LogP contribution >= 0.6 is 27.3 Å². The first-order valence-corrected chi connectivity index (χ1v) is 10.0. The van der Waals surface area contributed by atoms with Crippen LogP contribution in [0, 0.1) is 5.92 Å². The molecular weight excluding hydrogens is 344 g/mol. The van der Waals surface area contributed by atoms with Crippen molar-refractivity contribution in [1.82, 2.24) is 10.2 Å². The van der Waals surface area contributed by atoms with Crippen molar-refractivity contribution in [2.45, 2.75) is 58.0 Å². The Kier molecular flexibility index (Phi) is 7.72. The van der Waals surface area contributed by atoms with Crippen LogP contribution in [-0.2, 0) is 6.54 Å². The standard InChI is InChI=1S/C17H29BrN2S/c1-3-9-19-17-8-6-4-5-7-14(17)11-20(2)12-16-10-15(18)13-21-16/h10,13-14,17,19H,3-9,11-12H2,1-2H3. The van der Waals surface area contributed by atoms with Crippen LogP contribution in [-0.4, -0.2) is 31.1 Å². The van der Waals surface area contributed by atoms with E-state index in [4.69, 9.17) is 0 Å². The monoisotopic (exact) mass is 372 g/mol. The molecular formula is C17H29BrN2S. The van der Waals surface area contributed by atoms with Gasteiger partial charge in [0.15, 0.2) is 0 Å². The highest BCUT2D eigenvalue weighted by atomic mass is 79.9. The maximum absolute atomic E-state index is 3.80. The summed E-state index contributed by atoms with van der Waals surface area (Å²) < 4.78 is 1.22. The van der Waals surface area contributed by atoms with Crippen molar-refractivity contribution < 1.29 is 0 Å². The minimum absolute atomic E-state index is 0.727. The number of nitrogens with zero attached hydrogens (tertiary/aromatic N) is 1. The molecule has 0 aromatic carbocycles. The van der Waals surface area contributed by atoms with Crippen LogP contribution < -0.4 is 5.32 Å². The molecule has 1 N–H and O–H groups in total. The topological polar surface area (TPSA) is 15.3 Å². The first kappa shape index (κ1) is 17.5. The van der Waals surface area contributed by atoms with Gasteiger partial charge in [0.25, 0.3) is 0 Å². The minimum Gasteiger partial charge on any atom is -0.314 e. The highest BCUT2D eigenvalue weighted by Crippen LogP contribution is 2.26. The lowest BCUT2D eigenvalue weighted by atomic mass is 9.94. The average molecular weight is 373 g/mol. The van der Waals surface area contributed by atoms with Gasteiger partial charge in [-0.3, -0.25) is 0 Å². The van der Waals surface area contributed by atoms with E-state index in [1.165, 1.54) is 61.0 Å². The molecule has 0 spiro atoms. The van der Waals surface area contributed by atoms with Gasteiger partial charge in [0.1, 0.15) is 0 Å². The Morgan fingerprint density at radius 2 is 2.14 bits per heavy atom. The van der Waals surface area contributed by atoms with Crippen molar-refractivity contribution in [2.75, 3.05) is 20.1 Å². The molecule has 2 atom stereocenters. The molecule has 120 valence electrons. The Hall–Kier alpha value is 0.1000. The van der Waals surface area contributed by atoms with Gasteiger partial charge in [0.2, 0.25) is 0 Å². The second-order valence-electron chi connectivity index (χ2n) is 6.39. The van der Waals surface area contributed by atoms with Crippen molar-refractivity contribution in [3.63, 3.8) is 0 Å². The molecule has 0 aliphatic heterocycles. The van der Waals surface area contributed by atoms with Crippen LogP contribution in [0.25, 0.3) is 0 Å². The first-order valence-electron chi connectivity index (χ1n) is 8.34. The molecule has 1 aliphatic carbocycles. The molecule has 0 saturated heterocycles. The lowest BCUT2D eigenvalue weighted by Crippen LogP contribution is -2.41. The molecule has 0 radical (unpaired) electrons. The van der Waals surface area contributed by atoms with Crippen molar-refractivity contribution in [1.29, 1.82) is 0 Å². The number of hydrogen-bond acceptors (Lipinski definition) is 3. The van der Waals surface area contributed by atoms with Gasteiger partial charge >= 0.3 is 0 Å². The molecule has 0 bridgehead atoms. The maximum atomic E-state index is 3.80. The highest BCUT2D eigenvalue weighted by molar-refractivity contribution is 9.10. The molecule has 4 heteroatoms. The SMILES string of the molecule is CCCNC1CCCCCC1CN(C)Cc1cc(Br)cs1. The molecule has 1 heterocycles. The summed E-state index contributed by atoms with van der Waals surface area (Å²) in [6, 6.07) is 2.98. The number of halogens is 1. The predicted molar refractivity (Wildman–Crippen MR) is 97.0 cm³/mol. The van der Waals surface area contributed by atoms with E-state index in [9.17, 15) is 0 Å². The number of thiophene rings is 1. The van der Waals surface area contributed by atoms with E-state index in [0.29, 0.717) is 0 Å². The van der Waals surface area contributed by atoms with Crippen LogP contribution in [0.3, 0.4) is 0 Å². The summed E-state index contributed by atoms with van der Waals surface area (Å²) in [5.74, 6) is 0.812. The van der Waals surface area contributed by atoms with Crippen LogP contribution in [0.1, 0.15) is 50.3 Å². The lowest BCUT2D eigenvalue weighted by Gasteiger charge is -2.30. The third kappa shape index (κ3) is 6.01. The Balaban J connectivity index is 1.87. The normalized spacial score (nSPS) is 23.4. The fraction of sp³-hybridized carbons (Fsp3) is 0.765. The van der Waals surface area contributed by atoms with Crippen molar-refractivity contribution >= 4 is 27.3 Å². The largest absolute Gasteiger partial charge is 0.314 e. The van der Waals surface area contributed by atoms with E-state index in [1.807, 2.05) is 11.3 Å². The molecule has 1 aromatic rings. The third-order valence-electron chi connectivity index (χ3n) is 4.41. The summed E-state index contributed by atoms with van der Waals surface area (Å²) in [6.07, 6.45) is 8.22. The van der Waals surface area contributed by atoms with Gasteiger partial charge in [-0.1, -0.05) is 26.2 Å². The molecule has 0 amide bonds. The second kappa shape index (κ2) is 9.29. The van der Waals surface area contributed by atoms with Crippen LogP contribution in [0.15, 0.2) is 15.9 Å². The average Bonchev–Trinajstić information content (AvgIpc) is 2.73. The van der Waals surface area contributed by atoms with Gasteiger partial charge < -0.3 is 10.2 Å². The minimum atomic E-state index is 0.727. The molecule has 1 saturated carbocycles. The first-order chi connectivity index (χ1) is 10.2. The molecule has 2 rings (SSSR count). The van der Waals surface area contributed by atoms with E-state index in [1.54, 1.807) is 0 Å². The summed E-state index contributed by atoms with van der Waals surface area (Å²) in [5.41, 5.74) is 0. The zero-order valence-electron chi connectivity index (χ0n) is 13.4. The number of rotatable bonds is 7. The molecule has 2 unspecified atom stereocenters. The summed E-state index contributed by atoms with van der Waals surface area (Å²) in [4.78, 5) is 3.96. The van der Waals surface area contributed by atoms with Gasteiger partial charge in [-0.2, -0.15) is 0 Å². The van der Waals surface area contributed by atoms with Gasteiger partial charge in [-0.05, 0) is 60.8 Å². The summed E-state index contributed by atoms with van der Waals surface area (Å²) in [6.45, 7) is 5.73. The molecule has 1 aliphatic rings. The smallest absolute Gasteiger partial charge is 0.0325 e. The van der Waals surface area contributed by atoms with Crippen molar-refractivity contribution in [2.24, 2.45) is 5.92 Å². The Morgan fingerprint density at radius 3 is 2.86 bits per heavy atom. The zero-order valence-corrected chi connectivity index (χ0v) is 15.8. The maximum Gasteiger partial charge on any atom is 0.0325 e. The fourth-order valence-electron chi connectivity index (χ4n) is 3.37. The lowest BCUT2D eigenvalue weighted by molar-refractivity contribution is 0.220. The molecule has 1 fully saturated rings. The van der Waals surface area contributed by atoms with Crippen LogP contribution in [0.5, 0.6) is 0 Å². The molecule has 1 aromatic heterocycles. The predicted octanol–water partition coefficient (Wildman–Crippen LogP) is 4.89. The molecule has 21 heavy (non-hydrogen) atoms. The summed E-state index contributed by atoms with van der Waals surface area (Å²) >= 11 is 5.41. The Bertz CT molecular complexity index is 407. The Morgan fingerprint density at radius 1 is 1.33 bits per heavy atom. The van der Waals surface area contributed by atoms with Gasteiger partial charge in [0.05, 0.1) is 0 Å². The van der Waals surface area contributed by atoms with Crippen molar-refractivity contribution in [3.05, 3.63) is 20.8 Å². The number of hydrogen-bond donors (Lipinski definition) is 1. The van der Waals surface area contributed by atoms with Gasteiger partial charge in [-0.25, -0.2) is 0 Å². The van der Waals surface area contributed by atoms with Gasteiger partial charge in [-0.15, -0.1) is 11.3 Å². The van der Waals surface area contributed by atoms with E-state index < -0.39 is 0 Å². The fourth-order valence-corrected chi connectivity index (χ4v) is 4.90.